The second-order valence-electron chi connectivity index (χ2n) is 8.69. The summed E-state index contributed by atoms with van der Waals surface area (Å²) in [6.45, 7) is 5.87. The predicted molar refractivity (Wildman–Crippen MR) is 149 cm³/mol. The third-order valence-corrected chi connectivity index (χ3v) is 8.12. The number of carboxylic acid groups (broad SMARTS) is 1. The number of rotatable bonds is 10. The summed E-state index contributed by atoms with van der Waals surface area (Å²) in [6.07, 6.45) is 5.17. The molecule has 0 aliphatic carbocycles. The number of piperidine rings is 1. The number of halogens is 3. The van der Waals surface area contributed by atoms with Gasteiger partial charge in [-0.2, -0.15) is 0 Å². The summed E-state index contributed by atoms with van der Waals surface area (Å²) < 4.78 is 12.9. The van der Waals surface area contributed by atoms with Gasteiger partial charge in [-0.3, -0.25) is 4.90 Å². The molecule has 1 fully saturated rings. The summed E-state index contributed by atoms with van der Waals surface area (Å²) in [7, 11) is 0. The van der Waals surface area contributed by atoms with Gasteiger partial charge in [0.1, 0.15) is 22.9 Å². The molecule has 2 N–H and O–H groups in total. The Balaban J connectivity index is 1.34. The molecular weight excluding hydrogens is 644 g/mol. The number of nitrogens with one attached hydrogen (secondary N) is 1. The van der Waals surface area contributed by atoms with Gasteiger partial charge in [-0.1, -0.05) is 50.1 Å². The molecule has 4 rings (SSSR count). The maximum atomic E-state index is 11.6. The lowest BCUT2D eigenvalue weighted by Crippen LogP contribution is -2.35. The van der Waals surface area contributed by atoms with Gasteiger partial charge in [0.15, 0.2) is 0 Å². The van der Waals surface area contributed by atoms with Crippen molar-refractivity contribution in [3.05, 3.63) is 62.2 Å². The molecule has 0 spiro atoms. The summed E-state index contributed by atoms with van der Waals surface area (Å²) in [5, 5.41) is 10.8. The van der Waals surface area contributed by atoms with Crippen LogP contribution in [0.2, 0.25) is 0 Å². The van der Waals surface area contributed by atoms with Crippen LogP contribution in [0.5, 0.6) is 5.75 Å². The van der Waals surface area contributed by atoms with Crippen LogP contribution in [0.3, 0.4) is 0 Å². The van der Waals surface area contributed by atoms with Gasteiger partial charge in [-0.15, -0.1) is 0 Å². The third kappa shape index (κ3) is 6.49. The van der Waals surface area contributed by atoms with Crippen LogP contribution >= 0.6 is 47.8 Å². The Labute approximate surface area is 230 Å². The Morgan fingerprint density at radius 3 is 2.74 bits per heavy atom. The second-order valence-corrected chi connectivity index (χ2v) is 11.5. The molecule has 35 heavy (non-hydrogen) atoms. The molecule has 1 aromatic heterocycles. The van der Waals surface area contributed by atoms with Crippen LogP contribution in [0, 0.1) is 0 Å². The number of H-pyrrole nitrogens is 1. The van der Waals surface area contributed by atoms with Gasteiger partial charge in [0.05, 0.1) is 4.47 Å². The molecule has 6 nitrogen and oxygen atoms in total. The Morgan fingerprint density at radius 1 is 1.26 bits per heavy atom. The summed E-state index contributed by atoms with van der Waals surface area (Å²) in [5.41, 5.74) is 4.01. The molecular formula is C26H29Br3N2O4. The highest BCUT2D eigenvalue weighted by Gasteiger charge is 2.24. The smallest absolute Gasteiger partial charge is 0.339 e. The van der Waals surface area contributed by atoms with Gasteiger partial charge < -0.3 is 19.6 Å². The van der Waals surface area contributed by atoms with Crippen molar-refractivity contribution in [2.75, 3.05) is 32.8 Å². The number of carboxylic acids is 1. The SMILES string of the molecule is CCOC(Br)Cc1cccc2c(C3CCN(CCOc4c(Br)cc(Br)cc4C(=O)O)CC3)c[nH]c12. The van der Waals surface area contributed by atoms with Gasteiger partial charge >= 0.3 is 5.97 Å². The van der Waals surface area contributed by atoms with Crippen LogP contribution in [-0.4, -0.2) is 58.8 Å². The first-order valence-electron chi connectivity index (χ1n) is 11.8. The van der Waals surface area contributed by atoms with Crippen molar-refractivity contribution in [1.82, 2.24) is 9.88 Å². The third-order valence-electron chi connectivity index (χ3n) is 6.48. The molecule has 0 saturated carbocycles. The molecule has 9 heteroatoms. The number of hydrogen-bond donors (Lipinski definition) is 2. The minimum atomic E-state index is -1.01. The molecule has 3 aromatic rings. The molecule has 2 aromatic carbocycles. The van der Waals surface area contributed by atoms with Crippen molar-refractivity contribution in [1.29, 1.82) is 0 Å². The number of aromatic carboxylic acids is 1. The average molecular weight is 673 g/mol. The lowest BCUT2D eigenvalue weighted by Gasteiger charge is -2.32. The molecule has 1 unspecified atom stereocenters. The zero-order chi connectivity index (χ0) is 24.9. The van der Waals surface area contributed by atoms with Gasteiger partial charge in [-0.05, 0) is 78.0 Å². The van der Waals surface area contributed by atoms with Crippen molar-refractivity contribution in [2.24, 2.45) is 0 Å². The van der Waals surface area contributed by atoms with Gasteiger partial charge in [0.2, 0.25) is 0 Å². The lowest BCUT2D eigenvalue weighted by molar-refractivity contribution is 0.0691. The number of fused-ring (bicyclic) bond motifs is 1. The van der Waals surface area contributed by atoms with Crippen LogP contribution in [0.1, 0.15) is 47.2 Å². The topological polar surface area (TPSA) is 74.8 Å². The molecule has 0 bridgehead atoms. The number of para-hydroxylation sites is 1. The average Bonchev–Trinajstić information content (AvgIpc) is 3.26. The second kappa shape index (κ2) is 12.2. The summed E-state index contributed by atoms with van der Waals surface area (Å²) in [5.74, 6) is -0.114. The quantitative estimate of drug-likeness (QED) is 0.228. The summed E-state index contributed by atoms with van der Waals surface area (Å²) >= 11 is 10.4. The Bertz CT molecular complexity index is 1170. The minimum absolute atomic E-state index is 0.0138. The zero-order valence-corrected chi connectivity index (χ0v) is 24.3. The maximum absolute atomic E-state index is 11.6. The number of hydrogen-bond acceptors (Lipinski definition) is 4. The number of benzene rings is 2. The van der Waals surface area contributed by atoms with Gasteiger partial charge in [0.25, 0.3) is 0 Å². The van der Waals surface area contributed by atoms with Crippen LogP contribution < -0.4 is 4.74 Å². The molecule has 2 heterocycles. The molecule has 1 aliphatic heterocycles. The van der Waals surface area contributed by atoms with E-state index in [1.165, 1.54) is 22.0 Å². The number of aromatic nitrogens is 1. The van der Waals surface area contributed by atoms with Crippen molar-refractivity contribution >= 4 is 64.7 Å². The van der Waals surface area contributed by atoms with E-state index in [1.807, 2.05) is 6.92 Å². The van der Waals surface area contributed by atoms with E-state index in [4.69, 9.17) is 9.47 Å². The highest BCUT2D eigenvalue weighted by molar-refractivity contribution is 9.11. The minimum Gasteiger partial charge on any atom is -0.490 e. The van der Waals surface area contributed by atoms with Crippen molar-refractivity contribution in [2.45, 2.75) is 37.1 Å². The Kier molecular flexibility index (Phi) is 9.32. The van der Waals surface area contributed by atoms with E-state index >= 15 is 0 Å². The fraction of sp³-hybridized carbons (Fsp3) is 0.423. The van der Waals surface area contributed by atoms with E-state index in [0.29, 0.717) is 33.8 Å². The normalized spacial score (nSPS) is 16.0. The fourth-order valence-electron chi connectivity index (χ4n) is 4.77. The van der Waals surface area contributed by atoms with Crippen molar-refractivity contribution < 1.29 is 19.4 Å². The Morgan fingerprint density at radius 2 is 2.03 bits per heavy atom. The first kappa shape index (κ1) is 26.7. The monoisotopic (exact) mass is 670 g/mol. The number of ether oxygens (including phenoxy) is 2. The molecule has 0 radical (unpaired) electrons. The van der Waals surface area contributed by atoms with Gasteiger partial charge in [0, 0.05) is 41.1 Å². The number of likely N-dealkylation sites (tertiary alicyclic amines) is 1. The lowest BCUT2D eigenvalue weighted by atomic mass is 9.89. The fourth-order valence-corrected chi connectivity index (χ4v) is 6.72. The maximum Gasteiger partial charge on any atom is 0.339 e. The first-order chi connectivity index (χ1) is 16.9. The van der Waals surface area contributed by atoms with E-state index in [1.54, 1.807) is 12.1 Å². The van der Waals surface area contributed by atoms with Gasteiger partial charge in [-0.25, -0.2) is 4.79 Å². The summed E-state index contributed by atoms with van der Waals surface area (Å²) in [6, 6.07) is 9.88. The number of carbonyl (C=O) groups is 1. The molecule has 1 aliphatic rings. The van der Waals surface area contributed by atoms with Crippen LogP contribution in [0.15, 0.2) is 45.5 Å². The molecule has 0 amide bonds. The van der Waals surface area contributed by atoms with Crippen LogP contribution in [0.25, 0.3) is 10.9 Å². The van der Waals surface area contributed by atoms with E-state index in [-0.39, 0.29) is 10.6 Å². The highest BCUT2D eigenvalue weighted by atomic mass is 79.9. The molecule has 1 saturated heterocycles. The zero-order valence-electron chi connectivity index (χ0n) is 19.5. The number of alkyl halides is 1. The molecule has 188 valence electrons. The number of nitrogens with zero attached hydrogens (tertiary/aromatic N) is 1. The first-order valence-corrected chi connectivity index (χ1v) is 14.3. The van der Waals surface area contributed by atoms with E-state index < -0.39 is 5.97 Å². The van der Waals surface area contributed by atoms with E-state index in [2.05, 4.69) is 82.1 Å². The molecule has 1 atom stereocenters. The van der Waals surface area contributed by atoms with Crippen molar-refractivity contribution in [3.63, 3.8) is 0 Å². The standard InChI is InChI=1S/C26H29Br3N2O4/c1-2-34-23(29)12-17-4-3-5-19-21(15-30-24(17)19)16-6-8-31(9-7-16)10-11-35-25-20(26(32)33)13-18(27)14-22(25)28/h3-5,13-16,23,30H,2,6-12H2,1H3,(H,32,33). The van der Waals surface area contributed by atoms with Crippen molar-refractivity contribution in [3.8, 4) is 5.75 Å². The van der Waals surface area contributed by atoms with E-state index in [9.17, 15) is 9.90 Å². The van der Waals surface area contributed by atoms with Crippen LogP contribution in [-0.2, 0) is 11.2 Å². The Hall–Kier alpha value is -1.39. The predicted octanol–water partition coefficient (Wildman–Crippen LogP) is 6.95. The highest BCUT2D eigenvalue weighted by Crippen LogP contribution is 2.35. The number of aromatic amines is 1. The summed E-state index contributed by atoms with van der Waals surface area (Å²) in [4.78, 5) is 17.5. The largest absolute Gasteiger partial charge is 0.490 e. The van der Waals surface area contributed by atoms with Crippen LogP contribution in [0.4, 0.5) is 0 Å². The van der Waals surface area contributed by atoms with E-state index in [0.717, 1.165) is 38.9 Å².